The SMILES string of the molecule is Cc1ccc(O)c(C(=O)OCC(=O)Nc2cc([N+](=O)[O-])ccc2C)c1. The topological polar surface area (TPSA) is 119 Å². The molecule has 0 spiro atoms. The number of rotatable bonds is 5. The third-order valence-electron chi connectivity index (χ3n) is 3.41. The molecule has 0 fully saturated rings. The van der Waals surface area contributed by atoms with E-state index in [9.17, 15) is 24.8 Å². The molecule has 130 valence electrons. The van der Waals surface area contributed by atoms with Gasteiger partial charge in [-0.25, -0.2) is 4.79 Å². The number of nitro groups is 1. The molecule has 8 heteroatoms. The molecule has 0 heterocycles. The summed E-state index contributed by atoms with van der Waals surface area (Å²) in [5.74, 6) is -1.73. The Morgan fingerprint density at radius 3 is 2.60 bits per heavy atom. The minimum Gasteiger partial charge on any atom is -0.507 e. The molecule has 0 bridgehead atoms. The van der Waals surface area contributed by atoms with Crippen LogP contribution < -0.4 is 5.32 Å². The number of amides is 1. The second-order valence-electron chi connectivity index (χ2n) is 5.40. The van der Waals surface area contributed by atoms with Gasteiger partial charge in [-0.15, -0.1) is 0 Å². The van der Waals surface area contributed by atoms with Gasteiger partial charge in [-0.3, -0.25) is 14.9 Å². The van der Waals surface area contributed by atoms with E-state index in [2.05, 4.69) is 5.32 Å². The van der Waals surface area contributed by atoms with Gasteiger partial charge in [0.2, 0.25) is 0 Å². The summed E-state index contributed by atoms with van der Waals surface area (Å²) < 4.78 is 4.87. The maximum absolute atomic E-state index is 11.9. The smallest absolute Gasteiger partial charge is 0.342 e. The van der Waals surface area contributed by atoms with Crippen LogP contribution >= 0.6 is 0 Å². The van der Waals surface area contributed by atoms with E-state index in [1.807, 2.05) is 0 Å². The predicted molar refractivity (Wildman–Crippen MR) is 89.6 cm³/mol. The molecular formula is C17H16N2O6. The molecule has 1 amide bonds. The van der Waals surface area contributed by atoms with Gasteiger partial charge < -0.3 is 15.2 Å². The number of aryl methyl sites for hydroxylation is 2. The van der Waals surface area contributed by atoms with Gasteiger partial charge >= 0.3 is 5.97 Å². The van der Waals surface area contributed by atoms with E-state index in [0.717, 1.165) is 5.56 Å². The van der Waals surface area contributed by atoms with Crippen molar-refractivity contribution in [3.8, 4) is 5.75 Å². The molecule has 2 aromatic rings. The third kappa shape index (κ3) is 4.54. The Labute approximate surface area is 143 Å². The Morgan fingerprint density at radius 2 is 1.92 bits per heavy atom. The van der Waals surface area contributed by atoms with Crippen LogP contribution in [-0.2, 0) is 9.53 Å². The highest BCUT2D eigenvalue weighted by molar-refractivity contribution is 5.97. The fourth-order valence-electron chi connectivity index (χ4n) is 2.07. The van der Waals surface area contributed by atoms with Gasteiger partial charge in [-0.1, -0.05) is 17.7 Å². The van der Waals surface area contributed by atoms with Crippen molar-refractivity contribution in [2.24, 2.45) is 0 Å². The highest BCUT2D eigenvalue weighted by Crippen LogP contribution is 2.22. The Morgan fingerprint density at radius 1 is 1.20 bits per heavy atom. The normalized spacial score (nSPS) is 10.2. The number of benzene rings is 2. The van der Waals surface area contributed by atoms with Crippen LogP contribution in [0.15, 0.2) is 36.4 Å². The summed E-state index contributed by atoms with van der Waals surface area (Å²) in [6, 6.07) is 8.49. The van der Waals surface area contributed by atoms with Crippen LogP contribution in [0.4, 0.5) is 11.4 Å². The number of hydrogen-bond donors (Lipinski definition) is 2. The lowest BCUT2D eigenvalue weighted by atomic mass is 10.1. The van der Waals surface area contributed by atoms with Crippen molar-refractivity contribution in [3.63, 3.8) is 0 Å². The number of nitrogens with one attached hydrogen (secondary N) is 1. The molecule has 0 aliphatic carbocycles. The lowest BCUT2D eigenvalue weighted by Crippen LogP contribution is -2.21. The average molecular weight is 344 g/mol. The van der Waals surface area contributed by atoms with Crippen LogP contribution in [0.2, 0.25) is 0 Å². The van der Waals surface area contributed by atoms with E-state index in [-0.39, 0.29) is 22.7 Å². The maximum Gasteiger partial charge on any atom is 0.342 e. The monoisotopic (exact) mass is 344 g/mol. The molecular weight excluding hydrogens is 328 g/mol. The van der Waals surface area contributed by atoms with Crippen molar-refractivity contribution in [1.29, 1.82) is 0 Å². The minimum atomic E-state index is -0.841. The van der Waals surface area contributed by atoms with Crippen LogP contribution in [0.1, 0.15) is 21.5 Å². The molecule has 2 aromatic carbocycles. The lowest BCUT2D eigenvalue weighted by molar-refractivity contribution is -0.384. The quantitative estimate of drug-likeness (QED) is 0.489. The number of ether oxygens (including phenoxy) is 1. The number of phenolic OH excluding ortho intramolecular Hbond substituents is 1. The van der Waals surface area contributed by atoms with Crippen molar-refractivity contribution in [1.82, 2.24) is 0 Å². The molecule has 0 aliphatic rings. The van der Waals surface area contributed by atoms with Crippen molar-refractivity contribution >= 4 is 23.3 Å². The first-order valence-corrected chi connectivity index (χ1v) is 7.29. The summed E-state index contributed by atoms with van der Waals surface area (Å²) in [7, 11) is 0. The summed E-state index contributed by atoms with van der Waals surface area (Å²) in [6.45, 7) is 2.83. The highest BCUT2D eigenvalue weighted by atomic mass is 16.6. The first-order valence-electron chi connectivity index (χ1n) is 7.29. The van der Waals surface area contributed by atoms with E-state index in [1.54, 1.807) is 19.9 Å². The van der Waals surface area contributed by atoms with Gasteiger partial charge in [-0.2, -0.15) is 0 Å². The first-order chi connectivity index (χ1) is 11.8. The van der Waals surface area contributed by atoms with E-state index < -0.39 is 23.4 Å². The van der Waals surface area contributed by atoms with Gasteiger partial charge in [0.25, 0.3) is 11.6 Å². The fraction of sp³-hybridized carbons (Fsp3) is 0.176. The van der Waals surface area contributed by atoms with E-state index in [4.69, 9.17) is 4.74 Å². The standard InChI is InChI=1S/C17H16N2O6/c1-10-3-6-15(20)13(7-10)17(22)25-9-16(21)18-14-8-12(19(23)24)5-4-11(14)2/h3-8,20H,9H2,1-2H3,(H,18,21). The zero-order valence-corrected chi connectivity index (χ0v) is 13.6. The number of aromatic hydroxyl groups is 1. The van der Waals surface area contributed by atoms with E-state index in [1.165, 1.54) is 30.3 Å². The Bertz CT molecular complexity index is 847. The van der Waals surface area contributed by atoms with Gasteiger partial charge in [0.05, 0.1) is 10.6 Å². The van der Waals surface area contributed by atoms with Gasteiger partial charge in [0.1, 0.15) is 11.3 Å². The number of phenols is 1. The number of hydrogen-bond acceptors (Lipinski definition) is 6. The van der Waals surface area contributed by atoms with E-state index in [0.29, 0.717) is 5.56 Å². The largest absolute Gasteiger partial charge is 0.507 e. The van der Waals surface area contributed by atoms with Crippen molar-refractivity contribution in [3.05, 3.63) is 63.2 Å². The first kappa shape index (κ1) is 17.9. The Balaban J connectivity index is 2.01. The average Bonchev–Trinajstić information content (AvgIpc) is 2.56. The van der Waals surface area contributed by atoms with E-state index >= 15 is 0 Å². The van der Waals surface area contributed by atoms with Gasteiger partial charge in [0, 0.05) is 12.1 Å². The Hall–Kier alpha value is -3.42. The predicted octanol–water partition coefficient (Wildman–Crippen LogP) is 2.71. The van der Waals surface area contributed by atoms with Crippen LogP contribution in [0.5, 0.6) is 5.75 Å². The summed E-state index contributed by atoms with van der Waals surface area (Å²) in [4.78, 5) is 34.1. The second kappa shape index (κ2) is 7.43. The maximum atomic E-state index is 11.9. The molecule has 0 aliphatic heterocycles. The minimum absolute atomic E-state index is 0.0423. The summed E-state index contributed by atoms with van der Waals surface area (Å²) in [6.07, 6.45) is 0. The summed E-state index contributed by atoms with van der Waals surface area (Å²) in [5, 5.41) is 22.9. The second-order valence-corrected chi connectivity index (χ2v) is 5.40. The molecule has 0 aromatic heterocycles. The Kier molecular flexibility index (Phi) is 5.33. The number of anilines is 1. The number of carbonyl (C=O) groups is 2. The molecule has 0 radical (unpaired) electrons. The number of nitro benzene ring substituents is 1. The van der Waals surface area contributed by atoms with Crippen LogP contribution in [0, 0.1) is 24.0 Å². The fourth-order valence-corrected chi connectivity index (χ4v) is 2.07. The van der Waals surface area contributed by atoms with Crippen molar-refractivity contribution < 1.29 is 24.4 Å². The van der Waals surface area contributed by atoms with Crippen molar-refractivity contribution in [2.75, 3.05) is 11.9 Å². The zero-order valence-electron chi connectivity index (χ0n) is 13.6. The summed E-state index contributed by atoms with van der Waals surface area (Å²) in [5.41, 5.74) is 1.43. The summed E-state index contributed by atoms with van der Waals surface area (Å²) >= 11 is 0. The third-order valence-corrected chi connectivity index (χ3v) is 3.41. The lowest BCUT2D eigenvalue weighted by Gasteiger charge is -2.09. The molecule has 0 unspecified atom stereocenters. The molecule has 8 nitrogen and oxygen atoms in total. The molecule has 2 rings (SSSR count). The van der Waals surface area contributed by atoms with Crippen molar-refractivity contribution in [2.45, 2.75) is 13.8 Å². The molecule has 0 atom stereocenters. The molecule has 0 saturated heterocycles. The van der Waals surface area contributed by atoms with Gasteiger partial charge in [0.15, 0.2) is 6.61 Å². The molecule has 0 saturated carbocycles. The number of non-ortho nitro benzene ring substituents is 1. The number of nitrogens with zero attached hydrogens (tertiary/aromatic N) is 1. The van der Waals surface area contributed by atoms with Gasteiger partial charge in [-0.05, 0) is 31.5 Å². The van der Waals surface area contributed by atoms with Crippen LogP contribution in [0.25, 0.3) is 0 Å². The number of carbonyl (C=O) groups excluding carboxylic acids is 2. The highest BCUT2D eigenvalue weighted by Gasteiger charge is 2.16. The molecule has 2 N–H and O–H groups in total. The zero-order chi connectivity index (χ0) is 18.6. The van der Waals surface area contributed by atoms with Crippen LogP contribution in [0.3, 0.4) is 0 Å². The van der Waals surface area contributed by atoms with Crippen LogP contribution in [-0.4, -0.2) is 28.5 Å². The molecule has 25 heavy (non-hydrogen) atoms. The number of esters is 1.